The maximum atomic E-state index is 12.6. The molecule has 150 valence electrons. The number of benzene rings is 1. The van der Waals surface area contributed by atoms with Gasteiger partial charge in [0.25, 0.3) is 0 Å². The topological polar surface area (TPSA) is 84.2 Å². The maximum absolute atomic E-state index is 12.6. The second-order valence-electron chi connectivity index (χ2n) is 8.04. The first kappa shape index (κ1) is 20.1. The van der Waals surface area contributed by atoms with Gasteiger partial charge in [-0.2, -0.15) is 0 Å². The van der Waals surface area contributed by atoms with Crippen LogP contribution in [0.15, 0.2) is 28.8 Å². The summed E-state index contributed by atoms with van der Waals surface area (Å²) >= 11 is 0. The van der Waals surface area contributed by atoms with Gasteiger partial charge in [0.1, 0.15) is 11.8 Å². The third kappa shape index (κ3) is 4.80. The Morgan fingerprint density at radius 3 is 2.57 bits per heavy atom. The highest BCUT2D eigenvalue weighted by atomic mass is 16.5. The highest BCUT2D eigenvalue weighted by Gasteiger charge is 2.24. The van der Waals surface area contributed by atoms with E-state index in [0.717, 1.165) is 12.8 Å². The first-order chi connectivity index (χ1) is 13.3. The molecule has 28 heavy (non-hydrogen) atoms. The molecule has 2 aromatic rings. The Bertz CT molecular complexity index is 856. The fourth-order valence-corrected chi connectivity index (χ4v) is 3.79. The van der Waals surface area contributed by atoms with Crippen LogP contribution in [0.3, 0.4) is 0 Å². The van der Waals surface area contributed by atoms with Crippen molar-refractivity contribution in [2.45, 2.75) is 65.3 Å². The molecule has 0 aliphatic heterocycles. The number of fused-ring (bicyclic) bond motifs is 1. The van der Waals surface area contributed by atoms with Crippen molar-refractivity contribution in [1.82, 2.24) is 10.5 Å². The molecule has 0 saturated heterocycles. The molecule has 6 heteroatoms. The Kier molecular flexibility index (Phi) is 6.17. The third-order valence-electron chi connectivity index (χ3n) is 5.41. The number of aryl methyl sites for hydroxylation is 3. The fourth-order valence-electron chi connectivity index (χ4n) is 3.79. The Labute approximate surface area is 166 Å². The van der Waals surface area contributed by atoms with E-state index < -0.39 is 6.04 Å². The monoisotopic (exact) mass is 383 g/mol. The average Bonchev–Trinajstić information content (AvgIpc) is 3.27. The van der Waals surface area contributed by atoms with E-state index in [2.05, 4.69) is 47.8 Å². The molecule has 0 saturated carbocycles. The zero-order valence-corrected chi connectivity index (χ0v) is 17.0. The van der Waals surface area contributed by atoms with Crippen molar-refractivity contribution >= 4 is 17.6 Å². The molecule has 2 N–H and O–H groups in total. The predicted octanol–water partition coefficient (Wildman–Crippen LogP) is 3.74. The minimum absolute atomic E-state index is 0.124. The summed E-state index contributed by atoms with van der Waals surface area (Å²) in [5, 5.41) is 9.19. The second kappa shape index (κ2) is 8.59. The zero-order valence-electron chi connectivity index (χ0n) is 17.0. The van der Waals surface area contributed by atoms with E-state index in [1.54, 1.807) is 19.9 Å². The molecular weight excluding hydrogens is 354 g/mol. The van der Waals surface area contributed by atoms with Crippen LogP contribution in [-0.4, -0.2) is 23.0 Å². The molecule has 0 radical (unpaired) electrons. The van der Waals surface area contributed by atoms with Crippen LogP contribution in [0.2, 0.25) is 0 Å². The largest absolute Gasteiger partial charge is 0.360 e. The van der Waals surface area contributed by atoms with Crippen molar-refractivity contribution in [2.75, 3.05) is 5.32 Å². The lowest BCUT2D eigenvalue weighted by Crippen LogP contribution is -2.42. The lowest BCUT2D eigenvalue weighted by Gasteiger charge is -2.23. The number of aromatic nitrogens is 1. The van der Waals surface area contributed by atoms with Gasteiger partial charge in [-0.3, -0.25) is 9.59 Å². The van der Waals surface area contributed by atoms with Gasteiger partial charge in [0.2, 0.25) is 11.8 Å². The Morgan fingerprint density at radius 2 is 1.89 bits per heavy atom. The summed E-state index contributed by atoms with van der Waals surface area (Å²) in [5.41, 5.74) is 4.06. The minimum Gasteiger partial charge on any atom is -0.360 e. The Hall–Kier alpha value is -2.63. The average molecular weight is 383 g/mol. The maximum Gasteiger partial charge on any atom is 0.247 e. The number of carbonyl (C=O) groups is 2. The van der Waals surface area contributed by atoms with Crippen molar-refractivity contribution in [2.24, 2.45) is 5.92 Å². The number of amides is 2. The van der Waals surface area contributed by atoms with Crippen molar-refractivity contribution in [3.63, 3.8) is 0 Å². The van der Waals surface area contributed by atoms with Crippen LogP contribution in [0.1, 0.15) is 62.0 Å². The molecule has 0 bridgehead atoms. The van der Waals surface area contributed by atoms with E-state index in [9.17, 15) is 9.59 Å². The van der Waals surface area contributed by atoms with Crippen molar-refractivity contribution < 1.29 is 14.1 Å². The SMILES string of the molecule is Cc1cc(NC(=O)C(C)NC(=O)CC(c2ccc3c(c2)CCC3)C(C)C)no1. The molecule has 3 rings (SSSR count). The van der Waals surface area contributed by atoms with E-state index in [4.69, 9.17) is 4.52 Å². The minimum atomic E-state index is -0.655. The molecule has 1 aromatic carbocycles. The Morgan fingerprint density at radius 1 is 1.14 bits per heavy atom. The molecule has 2 amide bonds. The van der Waals surface area contributed by atoms with Gasteiger partial charge in [-0.15, -0.1) is 0 Å². The van der Waals surface area contributed by atoms with Crippen LogP contribution in [0.4, 0.5) is 5.82 Å². The number of hydrogen-bond donors (Lipinski definition) is 2. The first-order valence-corrected chi connectivity index (χ1v) is 9.98. The van der Waals surface area contributed by atoms with Crippen LogP contribution in [0.25, 0.3) is 0 Å². The third-order valence-corrected chi connectivity index (χ3v) is 5.41. The van der Waals surface area contributed by atoms with Gasteiger partial charge in [-0.1, -0.05) is 37.2 Å². The van der Waals surface area contributed by atoms with Crippen LogP contribution in [0, 0.1) is 12.8 Å². The highest BCUT2D eigenvalue weighted by molar-refractivity contribution is 5.96. The standard InChI is InChI=1S/C22H29N3O3/c1-13(2)19(18-9-8-16-6-5-7-17(16)11-18)12-21(26)23-15(4)22(27)24-20-10-14(3)28-25-20/h8-11,13,15,19H,5-7,12H2,1-4H3,(H,23,26)(H,24,25,27). The van der Waals surface area contributed by atoms with Crippen LogP contribution >= 0.6 is 0 Å². The van der Waals surface area contributed by atoms with Crippen molar-refractivity contribution in [1.29, 1.82) is 0 Å². The quantitative estimate of drug-likeness (QED) is 0.763. The molecule has 1 heterocycles. The summed E-state index contributed by atoms with van der Waals surface area (Å²) in [4.78, 5) is 24.9. The van der Waals surface area contributed by atoms with Crippen LogP contribution in [0.5, 0.6) is 0 Å². The van der Waals surface area contributed by atoms with Crippen LogP contribution < -0.4 is 10.6 Å². The van der Waals surface area contributed by atoms with Gasteiger partial charge in [0.15, 0.2) is 5.82 Å². The Balaban J connectivity index is 1.60. The fraction of sp³-hybridized carbons (Fsp3) is 0.500. The molecular formula is C22H29N3O3. The molecule has 6 nitrogen and oxygen atoms in total. The molecule has 1 aliphatic rings. The van der Waals surface area contributed by atoms with E-state index in [0.29, 0.717) is 23.9 Å². The number of nitrogens with zero attached hydrogens (tertiary/aromatic N) is 1. The summed E-state index contributed by atoms with van der Waals surface area (Å²) in [5.74, 6) is 0.966. The van der Waals surface area contributed by atoms with E-state index in [1.165, 1.54) is 23.1 Å². The van der Waals surface area contributed by atoms with Gasteiger partial charge >= 0.3 is 0 Å². The molecule has 2 unspecified atom stereocenters. The number of anilines is 1. The first-order valence-electron chi connectivity index (χ1n) is 9.98. The lowest BCUT2D eigenvalue weighted by molar-refractivity contribution is -0.126. The van der Waals surface area contributed by atoms with Crippen molar-refractivity contribution in [3.8, 4) is 0 Å². The predicted molar refractivity (Wildman–Crippen MR) is 108 cm³/mol. The summed E-state index contributed by atoms with van der Waals surface area (Å²) in [6.45, 7) is 7.68. The molecule has 2 atom stereocenters. The number of hydrogen-bond acceptors (Lipinski definition) is 4. The molecule has 0 spiro atoms. The van der Waals surface area contributed by atoms with Gasteiger partial charge in [0, 0.05) is 12.5 Å². The number of nitrogens with one attached hydrogen (secondary N) is 2. The smallest absolute Gasteiger partial charge is 0.247 e. The normalized spacial score (nSPS) is 15.2. The van der Waals surface area contributed by atoms with Crippen LogP contribution in [-0.2, 0) is 22.4 Å². The molecule has 0 fully saturated rings. The summed E-state index contributed by atoms with van der Waals surface area (Å²) in [6.07, 6.45) is 3.85. The lowest BCUT2D eigenvalue weighted by atomic mass is 9.84. The molecule has 1 aromatic heterocycles. The summed E-state index contributed by atoms with van der Waals surface area (Å²) in [6, 6.07) is 7.61. The summed E-state index contributed by atoms with van der Waals surface area (Å²) in [7, 11) is 0. The van der Waals surface area contributed by atoms with Gasteiger partial charge in [0.05, 0.1) is 0 Å². The van der Waals surface area contributed by atoms with E-state index in [-0.39, 0.29) is 17.7 Å². The van der Waals surface area contributed by atoms with Gasteiger partial charge in [-0.05, 0) is 61.6 Å². The van der Waals surface area contributed by atoms with E-state index >= 15 is 0 Å². The van der Waals surface area contributed by atoms with E-state index in [1.807, 2.05) is 0 Å². The van der Waals surface area contributed by atoms with Gasteiger partial charge in [-0.25, -0.2) is 0 Å². The van der Waals surface area contributed by atoms with Gasteiger partial charge < -0.3 is 15.2 Å². The second-order valence-corrected chi connectivity index (χ2v) is 8.04. The zero-order chi connectivity index (χ0) is 20.3. The number of carbonyl (C=O) groups excluding carboxylic acids is 2. The number of rotatable bonds is 7. The summed E-state index contributed by atoms with van der Waals surface area (Å²) < 4.78 is 4.93. The molecule has 1 aliphatic carbocycles. The van der Waals surface area contributed by atoms with Crippen molar-refractivity contribution in [3.05, 3.63) is 46.7 Å². The highest BCUT2D eigenvalue weighted by Crippen LogP contribution is 2.32.